The Kier molecular flexibility index (Phi) is 4.83. The van der Waals surface area contributed by atoms with Gasteiger partial charge in [-0.05, 0) is 31.2 Å². The van der Waals surface area contributed by atoms with E-state index in [-0.39, 0.29) is 13.0 Å². The molecule has 2 aromatic rings. The zero-order valence-corrected chi connectivity index (χ0v) is 16.1. The molecule has 12 heteroatoms. The zero-order valence-electron chi connectivity index (χ0n) is 16.1. The van der Waals surface area contributed by atoms with Crippen LogP contribution in [0.15, 0.2) is 40.1 Å². The minimum absolute atomic E-state index is 0.0531. The van der Waals surface area contributed by atoms with Crippen molar-refractivity contribution in [1.29, 1.82) is 0 Å². The Labute approximate surface area is 171 Å². The summed E-state index contributed by atoms with van der Waals surface area (Å²) in [5.74, 6) is -1.13. The number of amides is 1. The Morgan fingerprint density at radius 1 is 1.29 bits per heavy atom. The maximum atomic E-state index is 14.3. The molecule has 1 amide bonds. The molecule has 0 aliphatic carbocycles. The number of pyridine rings is 1. The highest BCUT2D eigenvalue weighted by molar-refractivity contribution is 5.99. The molecule has 0 N–H and O–H groups in total. The van der Waals surface area contributed by atoms with E-state index in [9.17, 15) is 26.7 Å². The SMILES string of the molecule is Cc1cc(-n2nnc3c2CCN(C(=O)C2=C=C=NC(C(F)(F)F)=C2F)[C@@H]3C)ncc1F. The van der Waals surface area contributed by atoms with E-state index in [1.165, 1.54) is 15.6 Å². The molecule has 2 aliphatic heterocycles. The van der Waals surface area contributed by atoms with Crippen LogP contribution in [0.1, 0.15) is 29.9 Å². The third kappa shape index (κ3) is 3.45. The zero-order chi connectivity index (χ0) is 22.5. The van der Waals surface area contributed by atoms with E-state index in [1.807, 2.05) is 11.6 Å². The number of rotatable bonds is 2. The van der Waals surface area contributed by atoms with Gasteiger partial charge in [-0.3, -0.25) is 4.79 Å². The van der Waals surface area contributed by atoms with Gasteiger partial charge < -0.3 is 4.90 Å². The van der Waals surface area contributed by atoms with Crippen LogP contribution in [0, 0.1) is 12.7 Å². The van der Waals surface area contributed by atoms with Crippen LogP contribution in [0.3, 0.4) is 0 Å². The van der Waals surface area contributed by atoms with Crippen molar-refractivity contribution in [2.45, 2.75) is 32.5 Å². The molecule has 4 rings (SSSR count). The predicted octanol–water partition coefficient (Wildman–Crippen LogP) is 3.06. The molecule has 0 aromatic carbocycles. The van der Waals surface area contributed by atoms with Crippen molar-refractivity contribution in [3.8, 4) is 5.82 Å². The van der Waals surface area contributed by atoms with Crippen molar-refractivity contribution in [3.05, 3.63) is 57.9 Å². The number of carbonyl (C=O) groups excluding carboxylic acids is 1. The number of aryl methyl sites for hydroxylation is 1. The molecule has 0 spiro atoms. The Bertz CT molecular complexity index is 1230. The third-order valence-electron chi connectivity index (χ3n) is 5.01. The van der Waals surface area contributed by atoms with Crippen LogP contribution in [0.5, 0.6) is 0 Å². The van der Waals surface area contributed by atoms with E-state index in [4.69, 9.17) is 0 Å². The summed E-state index contributed by atoms with van der Waals surface area (Å²) in [7, 11) is 0. The van der Waals surface area contributed by atoms with Crippen molar-refractivity contribution in [2.24, 2.45) is 4.99 Å². The van der Waals surface area contributed by atoms with Crippen molar-refractivity contribution >= 4 is 11.8 Å². The molecule has 0 bridgehead atoms. The summed E-state index contributed by atoms with van der Waals surface area (Å²) in [4.78, 5) is 20.8. The van der Waals surface area contributed by atoms with Crippen LogP contribution >= 0.6 is 0 Å². The molecular weight excluding hydrogens is 423 g/mol. The maximum Gasteiger partial charge on any atom is 0.437 e. The number of nitrogens with zero attached hydrogens (tertiary/aromatic N) is 6. The molecule has 0 fully saturated rings. The lowest BCUT2D eigenvalue weighted by atomic mass is 10.0. The Hall–Kier alpha value is -3.62. The number of carbonyl (C=O) groups is 1. The lowest BCUT2D eigenvalue weighted by molar-refractivity contribution is -0.129. The van der Waals surface area contributed by atoms with Crippen molar-refractivity contribution in [3.63, 3.8) is 0 Å². The monoisotopic (exact) mass is 436 g/mol. The van der Waals surface area contributed by atoms with E-state index in [0.717, 1.165) is 6.20 Å². The minimum Gasteiger partial charge on any atom is -0.329 e. The van der Waals surface area contributed by atoms with Crippen LogP contribution in [-0.2, 0) is 11.2 Å². The van der Waals surface area contributed by atoms with Crippen LogP contribution in [0.4, 0.5) is 22.0 Å². The fourth-order valence-electron chi connectivity index (χ4n) is 3.38. The summed E-state index contributed by atoms with van der Waals surface area (Å²) in [6.45, 7) is 3.21. The summed E-state index contributed by atoms with van der Waals surface area (Å²) in [6, 6.07) is 0.768. The quantitative estimate of drug-likeness (QED) is 0.536. The molecule has 0 saturated heterocycles. The molecule has 7 nitrogen and oxygen atoms in total. The van der Waals surface area contributed by atoms with E-state index in [2.05, 4.69) is 20.3 Å². The van der Waals surface area contributed by atoms with Crippen LogP contribution in [0.2, 0.25) is 0 Å². The second-order valence-electron chi connectivity index (χ2n) is 6.93. The topological polar surface area (TPSA) is 76.3 Å². The molecule has 0 unspecified atom stereocenters. The van der Waals surface area contributed by atoms with Crippen LogP contribution in [0.25, 0.3) is 5.82 Å². The first kappa shape index (κ1) is 20.6. The van der Waals surface area contributed by atoms with Gasteiger partial charge in [-0.1, -0.05) is 5.21 Å². The first-order valence-corrected chi connectivity index (χ1v) is 9.03. The predicted molar refractivity (Wildman–Crippen MR) is 96.3 cm³/mol. The summed E-state index contributed by atoms with van der Waals surface area (Å²) in [6.07, 6.45) is -3.80. The molecule has 0 radical (unpaired) electrons. The highest BCUT2D eigenvalue weighted by Crippen LogP contribution is 2.36. The molecular formula is C19H13F5N6O. The summed E-state index contributed by atoms with van der Waals surface area (Å²) >= 11 is 0. The summed E-state index contributed by atoms with van der Waals surface area (Å²) < 4.78 is 68.0. The summed E-state index contributed by atoms with van der Waals surface area (Å²) in [5.41, 5.74) is 0.650. The first-order valence-electron chi connectivity index (χ1n) is 9.03. The molecule has 1 atom stereocenters. The van der Waals surface area contributed by atoms with Gasteiger partial charge >= 0.3 is 6.18 Å². The molecule has 4 heterocycles. The number of hydrogen-bond donors (Lipinski definition) is 0. The largest absolute Gasteiger partial charge is 0.437 e. The lowest BCUT2D eigenvalue weighted by Gasteiger charge is -2.32. The minimum atomic E-state index is -5.08. The molecule has 2 aromatic heterocycles. The number of allylic oxidation sites excluding steroid dienone is 1. The van der Waals surface area contributed by atoms with Gasteiger partial charge in [-0.15, -0.1) is 5.10 Å². The third-order valence-corrected chi connectivity index (χ3v) is 5.01. The Morgan fingerprint density at radius 3 is 2.71 bits per heavy atom. The number of aliphatic imine (C=N–C) groups is 1. The van der Waals surface area contributed by atoms with Gasteiger partial charge in [0.05, 0.1) is 17.9 Å². The number of halogens is 5. The second-order valence-corrected chi connectivity index (χ2v) is 6.93. The molecule has 31 heavy (non-hydrogen) atoms. The number of hydrogen-bond acceptors (Lipinski definition) is 5. The van der Waals surface area contributed by atoms with E-state index in [0.29, 0.717) is 22.8 Å². The van der Waals surface area contributed by atoms with Gasteiger partial charge in [0.25, 0.3) is 5.91 Å². The number of aromatic nitrogens is 4. The van der Waals surface area contributed by atoms with Gasteiger partial charge in [0.2, 0.25) is 0 Å². The van der Waals surface area contributed by atoms with E-state index >= 15 is 0 Å². The van der Waals surface area contributed by atoms with Crippen LogP contribution < -0.4 is 0 Å². The molecule has 0 saturated carbocycles. The second kappa shape index (κ2) is 7.26. The van der Waals surface area contributed by atoms with Gasteiger partial charge in [-0.2, -0.15) is 22.8 Å². The van der Waals surface area contributed by atoms with Crippen LogP contribution in [-0.4, -0.2) is 49.4 Å². The average molecular weight is 436 g/mol. The first-order chi connectivity index (χ1) is 14.6. The van der Waals surface area contributed by atoms with Gasteiger partial charge in [-0.25, -0.2) is 13.8 Å². The van der Waals surface area contributed by atoms with Gasteiger partial charge in [0, 0.05) is 18.8 Å². The van der Waals surface area contributed by atoms with Gasteiger partial charge in [0.15, 0.2) is 17.3 Å². The Morgan fingerprint density at radius 2 is 2.03 bits per heavy atom. The average Bonchev–Trinajstić information content (AvgIpc) is 3.14. The number of alkyl halides is 3. The van der Waals surface area contributed by atoms with E-state index < -0.39 is 41.0 Å². The molecule has 2 aliphatic rings. The smallest absolute Gasteiger partial charge is 0.329 e. The fourth-order valence-corrected chi connectivity index (χ4v) is 3.38. The normalized spacial score (nSPS) is 18.4. The Balaban J connectivity index is 1.66. The number of fused-ring (bicyclic) bond motifs is 1. The highest BCUT2D eigenvalue weighted by atomic mass is 19.4. The van der Waals surface area contributed by atoms with Crippen molar-refractivity contribution in [1.82, 2.24) is 24.9 Å². The van der Waals surface area contributed by atoms with E-state index in [1.54, 1.807) is 13.8 Å². The maximum absolute atomic E-state index is 14.3. The summed E-state index contributed by atoms with van der Waals surface area (Å²) in [5, 5.41) is 8.07. The standard InChI is InChI=1S/C19H13F5N6O/c1-9-7-14(26-8-12(9)20)30-13-4-6-29(10(2)16(13)27-28-30)18(31)11-3-5-25-17(15(11)21)19(22,23)24/h7-8,10H,4,6H2,1-2H3/t10-/m1/s1. The van der Waals surface area contributed by atoms with Gasteiger partial charge in [0.1, 0.15) is 17.1 Å². The highest BCUT2D eigenvalue weighted by Gasteiger charge is 2.42. The lowest BCUT2D eigenvalue weighted by Crippen LogP contribution is -2.40. The van der Waals surface area contributed by atoms with Crippen molar-refractivity contribution < 1.29 is 26.7 Å². The van der Waals surface area contributed by atoms with Crippen molar-refractivity contribution in [2.75, 3.05) is 6.54 Å². The molecule has 160 valence electrons. The fraction of sp³-hybridized carbons (Fsp3) is 0.316.